The van der Waals surface area contributed by atoms with Gasteiger partial charge in [-0.15, -0.1) is 0 Å². The second-order valence-corrected chi connectivity index (χ2v) is 12.2. The molecule has 1 aromatic heterocycles. The highest BCUT2D eigenvalue weighted by Crippen LogP contribution is 2.41. The summed E-state index contributed by atoms with van der Waals surface area (Å²) in [6.07, 6.45) is 1.74. The van der Waals surface area contributed by atoms with Gasteiger partial charge < -0.3 is 14.4 Å². The van der Waals surface area contributed by atoms with Gasteiger partial charge in [-0.2, -0.15) is 18.1 Å². The second-order valence-electron chi connectivity index (χ2n) is 10.4. The number of rotatable bonds is 6. The van der Waals surface area contributed by atoms with Crippen LogP contribution < -0.4 is 19.1 Å². The number of piperidine rings is 1. The molecular weight excluding hydrogens is 576 g/mol. The first-order valence-corrected chi connectivity index (χ1v) is 15.1. The third kappa shape index (κ3) is 5.08. The number of benzene rings is 3. The van der Waals surface area contributed by atoms with Crippen molar-refractivity contribution < 1.29 is 26.7 Å². The molecule has 9 nitrogen and oxygen atoms in total. The van der Waals surface area contributed by atoms with E-state index in [0.29, 0.717) is 71.2 Å². The van der Waals surface area contributed by atoms with E-state index in [9.17, 15) is 12.8 Å². The van der Waals surface area contributed by atoms with Gasteiger partial charge in [-0.3, -0.25) is 0 Å². The van der Waals surface area contributed by atoms with E-state index in [4.69, 9.17) is 21.1 Å². The molecule has 2 aliphatic heterocycles. The molecule has 2 fully saturated rings. The van der Waals surface area contributed by atoms with Crippen LogP contribution in [0.4, 0.5) is 14.6 Å². The number of nitrogens with zero attached hydrogens (tertiary/aromatic N) is 3. The minimum Gasteiger partial charge on any atom is -0.468 e. The van der Waals surface area contributed by atoms with E-state index >= 15 is 4.39 Å². The van der Waals surface area contributed by atoms with Gasteiger partial charge >= 0.3 is 0 Å². The van der Waals surface area contributed by atoms with Gasteiger partial charge in [0.05, 0.1) is 5.54 Å². The fourth-order valence-corrected chi connectivity index (χ4v) is 7.47. The average molecular weight is 604 g/mol. The minimum atomic E-state index is -3.58. The Morgan fingerprint density at radius 2 is 1.98 bits per heavy atom. The van der Waals surface area contributed by atoms with Crippen LogP contribution in [0.25, 0.3) is 32.8 Å². The molecule has 3 heterocycles. The summed E-state index contributed by atoms with van der Waals surface area (Å²) in [5.41, 5.74) is 0.413. The molecule has 2 aliphatic rings. The zero-order chi connectivity index (χ0) is 28.9. The molecule has 4 aromatic rings. The summed E-state index contributed by atoms with van der Waals surface area (Å²) in [5, 5.41) is 1.56. The maximum atomic E-state index is 16.5. The SMILES string of the molecule is CCc1c(F)ccc2cc(OCOC)cc(-c3ccc4c(N5CCCC6(CNS(=O)(=O)N6)C5)nc(Cl)nc4c3F)c12. The van der Waals surface area contributed by atoms with E-state index in [0.717, 1.165) is 0 Å². The topological polar surface area (TPSA) is 106 Å². The monoisotopic (exact) mass is 603 g/mol. The minimum absolute atomic E-state index is 0.00747. The van der Waals surface area contributed by atoms with Crippen molar-refractivity contribution in [3.05, 3.63) is 58.9 Å². The zero-order valence-corrected chi connectivity index (χ0v) is 24.0. The van der Waals surface area contributed by atoms with Crippen LogP contribution >= 0.6 is 11.6 Å². The first kappa shape index (κ1) is 28.0. The van der Waals surface area contributed by atoms with Gasteiger partial charge in [-0.05, 0) is 77.0 Å². The van der Waals surface area contributed by atoms with Gasteiger partial charge in [0.25, 0.3) is 10.2 Å². The first-order chi connectivity index (χ1) is 19.6. The Balaban J connectivity index is 1.51. The Kier molecular flexibility index (Phi) is 7.23. The molecule has 41 heavy (non-hydrogen) atoms. The van der Waals surface area contributed by atoms with Gasteiger partial charge in [-0.25, -0.2) is 18.5 Å². The zero-order valence-electron chi connectivity index (χ0n) is 22.4. The van der Waals surface area contributed by atoms with Crippen molar-refractivity contribution in [2.45, 2.75) is 31.7 Å². The van der Waals surface area contributed by atoms with Crippen molar-refractivity contribution in [2.75, 3.05) is 38.4 Å². The summed E-state index contributed by atoms with van der Waals surface area (Å²) in [4.78, 5) is 10.6. The molecule has 216 valence electrons. The molecular formula is C28H28ClF2N5O4S. The molecule has 2 N–H and O–H groups in total. The molecule has 6 rings (SSSR count). The molecule has 0 bridgehead atoms. The average Bonchev–Trinajstić information content (AvgIpc) is 3.24. The summed E-state index contributed by atoms with van der Waals surface area (Å²) in [5.74, 6) is -0.163. The smallest absolute Gasteiger partial charge is 0.277 e. The predicted molar refractivity (Wildman–Crippen MR) is 154 cm³/mol. The molecule has 0 amide bonds. The van der Waals surface area contributed by atoms with Crippen LogP contribution in [0, 0.1) is 11.6 Å². The number of hydrogen-bond acceptors (Lipinski definition) is 7. The normalized spacial score (nSPS) is 20.4. The maximum Gasteiger partial charge on any atom is 0.277 e. The van der Waals surface area contributed by atoms with Crippen molar-refractivity contribution >= 4 is 49.3 Å². The molecule has 1 atom stereocenters. The summed E-state index contributed by atoms with van der Waals surface area (Å²) in [6, 6.07) is 9.81. The summed E-state index contributed by atoms with van der Waals surface area (Å²) >= 11 is 6.33. The number of ether oxygens (including phenoxy) is 2. The highest BCUT2D eigenvalue weighted by Gasteiger charge is 2.44. The van der Waals surface area contributed by atoms with Crippen LogP contribution in [0.3, 0.4) is 0 Å². The lowest BCUT2D eigenvalue weighted by molar-refractivity contribution is 0.0512. The lowest BCUT2D eigenvalue weighted by atomic mass is 9.90. The highest BCUT2D eigenvalue weighted by molar-refractivity contribution is 7.87. The van der Waals surface area contributed by atoms with Crippen molar-refractivity contribution in [3.8, 4) is 16.9 Å². The van der Waals surface area contributed by atoms with Gasteiger partial charge in [0.1, 0.15) is 22.9 Å². The standard InChI is InChI=1S/C28H28ClF2N5O4S/c1-3-18-22(30)8-5-16-11-17(40-15-39-2)12-21(23(16)18)19-6-7-20-25(24(19)31)33-27(29)34-26(20)36-10-4-9-28(14-36)13-32-41(37,38)35-28/h5-8,11-12,32,35H,3-4,9-10,13-15H2,1-2H3. The second kappa shape index (κ2) is 10.6. The van der Waals surface area contributed by atoms with Crippen LogP contribution in [0.1, 0.15) is 25.3 Å². The predicted octanol–water partition coefficient (Wildman–Crippen LogP) is 4.70. The third-order valence-corrected chi connectivity index (χ3v) is 9.11. The lowest BCUT2D eigenvalue weighted by Crippen LogP contribution is -2.56. The van der Waals surface area contributed by atoms with E-state index in [1.165, 1.54) is 13.2 Å². The molecule has 3 aromatic carbocycles. The van der Waals surface area contributed by atoms with E-state index in [2.05, 4.69) is 19.4 Å². The van der Waals surface area contributed by atoms with Gasteiger partial charge in [-0.1, -0.05) is 19.1 Å². The number of aryl methyl sites for hydroxylation is 1. The van der Waals surface area contributed by atoms with E-state index in [-0.39, 0.29) is 35.5 Å². The van der Waals surface area contributed by atoms with Gasteiger partial charge in [0.15, 0.2) is 12.6 Å². The van der Waals surface area contributed by atoms with Gasteiger partial charge in [0, 0.05) is 37.7 Å². The fourth-order valence-electron chi connectivity index (χ4n) is 5.96. The number of halogens is 3. The molecule has 13 heteroatoms. The van der Waals surface area contributed by atoms with Crippen molar-refractivity contribution in [3.63, 3.8) is 0 Å². The van der Waals surface area contributed by atoms with E-state index < -0.39 is 21.6 Å². The highest BCUT2D eigenvalue weighted by atomic mass is 35.5. The van der Waals surface area contributed by atoms with Crippen LogP contribution in [-0.4, -0.2) is 57.5 Å². The quantitative estimate of drug-likeness (QED) is 0.243. The fraction of sp³-hybridized carbons (Fsp3) is 0.357. The maximum absolute atomic E-state index is 16.5. The summed E-state index contributed by atoms with van der Waals surface area (Å²) in [7, 11) is -2.08. The van der Waals surface area contributed by atoms with E-state index in [1.54, 1.807) is 30.3 Å². The van der Waals surface area contributed by atoms with Gasteiger partial charge in [0.2, 0.25) is 5.28 Å². The first-order valence-electron chi connectivity index (χ1n) is 13.2. The Morgan fingerprint density at radius 3 is 2.71 bits per heavy atom. The number of nitrogens with one attached hydrogen (secondary N) is 2. The Labute approximate surface area is 241 Å². The Bertz CT molecular complexity index is 1790. The largest absolute Gasteiger partial charge is 0.468 e. The molecule has 0 radical (unpaired) electrons. The van der Waals surface area contributed by atoms with Crippen molar-refractivity contribution in [1.82, 2.24) is 19.4 Å². The number of hydrogen-bond donors (Lipinski definition) is 2. The Hall–Kier alpha value is -3.16. The van der Waals surface area contributed by atoms with Crippen LogP contribution in [0.2, 0.25) is 5.28 Å². The number of methoxy groups -OCH3 is 1. The number of aromatic nitrogens is 2. The van der Waals surface area contributed by atoms with Crippen LogP contribution in [0.15, 0.2) is 36.4 Å². The van der Waals surface area contributed by atoms with Crippen molar-refractivity contribution in [1.29, 1.82) is 0 Å². The molecule has 1 unspecified atom stereocenters. The van der Waals surface area contributed by atoms with Crippen LogP contribution in [0.5, 0.6) is 5.75 Å². The third-order valence-electron chi connectivity index (χ3n) is 7.72. The van der Waals surface area contributed by atoms with Crippen molar-refractivity contribution in [2.24, 2.45) is 0 Å². The molecule has 0 aliphatic carbocycles. The van der Waals surface area contributed by atoms with Crippen LogP contribution in [-0.2, 0) is 21.4 Å². The van der Waals surface area contributed by atoms with E-state index in [1.807, 2.05) is 11.8 Å². The lowest BCUT2D eigenvalue weighted by Gasteiger charge is -2.40. The number of fused-ring (bicyclic) bond motifs is 2. The number of anilines is 1. The molecule has 1 spiro atoms. The molecule has 2 saturated heterocycles. The molecule has 0 saturated carbocycles. The Morgan fingerprint density at radius 1 is 1.15 bits per heavy atom. The summed E-state index contributed by atoms with van der Waals surface area (Å²) in [6.45, 7) is 2.98. The summed E-state index contributed by atoms with van der Waals surface area (Å²) < 4.78 is 71.6.